The number of aromatic nitrogens is 3. The maximum atomic E-state index is 10.3. The highest BCUT2D eigenvalue weighted by Crippen LogP contribution is 2.10. The average Bonchev–Trinajstić information content (AvgIpc) is 2.28. The second-order valence-corrected chi connectivity index (χ2v) is 3.08. The summed E-state index contributed by atoms with van der Waals surface area (Å²) in [6.45, 7) is 5.35. The van der Waals surface area contributed by atoms with Crippen molar-refractivity contribution in [1.82, 2.24) is 14.8 Å². The number of carboxylic acids is 1. The molecule has 5 heteroatoms. The molecule has 13 heavy (non-hydrogen) atoms. The maximum Gasteiger partial charge on any atom is 0.147 e. The SMILES string of the molecule is Cc1nc(C)n([C@@H](C)CC(=O)[O-])n1. The Labute approximate surface area is 76.4 Å². The highest BCUT2D eigenvalue weighted by Gasteiger charge is 2.10. The van der Waals surface area contributed by atoms with Crippen molar-refractivity contribution in [2.75, 3.05) is 0 Å². The van der Waals surface area contributed by atoms with Crippen molar-refractivity contribution in [1.29, 1.82) is 0 Å². The third-order valence-corrected chi connectivity index (χ3v) is 1.79. The van der Waals surface area contributed by atoms with Crippen LogP contribution in [-0.4, -0.2) is 20.7 Å². The molecule has 0 unspecified atom stereocenters. The van der Waals surface area contributed by atoms with Crippen LogP contribution in [0.4, 0.5) is 0 Å². The molecule has 72 valence electrons. The second kappa shape index (κ2) is 3.55. The normalized spacial score (nSPS) is 12.8. The summed E-state index contributed by atoms with van der Waals surface area (Å²) in [5, 5.41) is 14.4. The Morgan fingerprint density at radius 1 is 1.62 bits per heavy atom. The van der Waals surface area contributed by atoms with Crippen LogP contribution in [0.15, 0.2) is 0 Å². The molecule has 0 amide bonds. The van der Waals surface area contributed by atoms with Crippen LogP contribution in [0, 0.1) is 13.8 Å². The molecule has 1 rings (SSSR count). The van der Waals surface area contributed by atoms with Crippen molar-refractivity contribution >= 4 is 5.97 Å². The van der Waals surface area contributed by atoms with Crippen LogP contribution in [0.1, 0.15) is 31.0 Å². The van der Waals surface area contributed by atoms with Crippen molar-refractivity contribution < 1.29 is 9.90 Å². The van der Waals surface area contributed by atoms with E-state index in [2.05, 4.69) is 10.1 Å². The molecule has 0 fully saturated rings. The van der Waals surface area contributed by atoms with E-state index in [1.807, 2.05) is 0 Å². The van der Waals surface area contributed by atoms with Gasteiger partial charge in [0.05, 0.1) is 6.04 Å². The Hall–Kier alpha value is -1.39. The molecule has 0 aliphatic carbocycles. The highest BCUT2D eigenvalue weighted by atomic mass is 16.4. The van der Waals surface area contributed by atoms with E-state index in [1.54, 1.807) is 25.5 Å². The molecule has 0 spiro atoms. The smallest absolute Gasteiger partial charge is 0.147 e. The number of aryl methyl sites for hydroxylation is 2. The predicted molar refractivity (Wildman–Crippen MR) is 43.8 cm³/mol. The van der Waals surface area contributed by atoms with Crippen molar-refractivity contribution in [3.8, 4) is 0 Å². The number of nitrogens with zero attached hydrogens (tertiary/aromatic N) is 3. The monoisotopic (exact) mass is 182 g/mol. The molecular weight excluding hydrogens is 170 g/mol. The summed E-state index contributed by atoms with van der Waals surface area (Å²) < 4.78 is 1.60. The Morgan fingerprint density at radius 2 is 2.23 bits per heavy atom. The molecule has 0 N–H and O–H groups in total. The molecule has 5 nitrogen and oxygen atoms in total. The van der Waals surface area contributed by atoms with Crippen molar-refractivity contribution in [2.24, 2.45) is 0 Å². The van der Waals surface area contributed by atoms with Gasteiger partial charge in [-0.15, -0.1) is 0 Å². The van der Waals surface area contributed by atoms with Crippen LogP contribution in [0.3, 0.4) is 0 Å². The number of rotatable bonds is 3. The van der Waals surface area contributed by atoms with E-state index in [0.717, 1.165) is 5.82 Å². The number of carbonyl (C=O) groups is 1. The van der Waals surface area contributed by atoms with Crippen LogP contribution in [0.2, 0.25) is 0 Å². The van der Waals surface area contributed by atoms with Gasteiger partial charge in [-0.05, 0) is 20.8 Å². The van der Waals surface area contributed by atoms with Gasteiger partial charge in [-0.25, -0.2) is 9.67 Å². The lowest BCUT2D eigenvalue weighted by molar-refractivity contribution is -0.306. The molecule has 1 heterocycles. The average molecular weight is 182 g/mol. The van der Waals surface area contributed by atoms with Crippen LogP contribution in [0.5, 0.6) is 0 Å². The van der Waals surface area contributed by atoms with Crippen LogP contribution in [-0.2, 0) is 4.79 Å². The largest absolute Gasteiger partial charge is 0.550 e. The van der Waals surface area contributed by atoms with E-state index in [1.165, 1.54) is 0 Å². The number of aliphatic carboxylic acids is 1. The summed E-state index contributed by atoms with van der Waals surface area (Å²) in [6, 6.07) is -0.203. The van der Waals surface area contributed by atoms with E-state index in [-0.39, 0.29) is 12.5 Å². The first kappa shape index (κ1) is 9.70. The van der Waals surface area contributed by atoms with Gasteiger partial charge in [0, 0.05) is 12.4 Å². The quantitative estimate of drug-likeness (QED) is 0.637. The zero-order valence-electron chi connectivity index (χ0n) is 7.94. The molecule has 0 aliphatic heterocycles. The Morgan fingerprint density at radius 3 is 2.62 bits per heavy atom. The van der Waals surface area contributed by atoms with Crippen LogP contribution >= 0.6 is 0 Å². The first-order valence-corrected chi connectivity index (χ1v) is 4.10. The molecule has 1 aromatic heterocycles. The molecule has 0 aromatic carbocycles. The third-order valence-electron chi connectivity index (χ3n) is 1.79. The predicted octanol–water partition coefficient (Wildman–Crippen LogP) is -0.404. The molecule has 1 aromatic rings. The topological polar surface area (TPSA) is 70.8 Å². The van der Waals surface area contributed by atoms with Gasteiger partial charge >= 0.3 is 0 Å². The fraction of sp³-hybridized carbons (Fsp3) is 0.625. The van der Waals surface area contributed by atoms with Crippen LogP contribution < -0.4 is 5.11 Å². The lowest BCUT2D eigenvalue weighted by atomic mass is 10.2. The van der Waals surface area contributed by atoms with Crippen molar-refractivity contribution in [3.05, 3.63) is 11.6 Å². The van der Waals surface area contributed by atoms with Crippen LogP contribution in [0.25, 0.3) is 0 Å². The fourth-order valence-electron chi connectivity index (χ4n) is 1.28. The number of hydrogen-bond donors (Lipinski definition) is 0. The molecule has 0 saturated carbocycles. The fourth-order valence-corrected chi connectivity index (χ4v) is 1.28. The summed E-state index contributed by atoms with van der Waals surface area (Å²) >= 11 is 0. The number of carbonyl (C=O) groups excluding carboxylic acids is 1. The molecule has 0 saturated heterocycles. The number of hydrogen-bond acceptors (Lipinski definition) is 4. The second-order valence-electron chi connectivity index (χ2n) is 3.08. The summed E-state index contributed by atoms with van der Waals surface area (Å²) in [5.74, 6) is 0.314. The molecule has 0 aliphatic rings. The minimum atomic E-state index is -1.07. The van der Waals surface area contributed by atoms with Crippen molar-refractivity contribution in [3.63, 3.8) is 0 Å². The zero-order chi connectivity index (χ0) is 10.0. The zero-order valence-corrected chi connectivity index (χ0v) is 7.94. The minimum Gasteiger partial charge on any atom is -0.550 e. The molecule has 0 bridgehead atoms. The van der Waals surface area contributed by atoms with Crippen molar-refractivity contribution in [2.45, 2.75) is 33.2 Å². The van der Waals surface area contributed by atoms with Gasteiger partial charge in [-0.2, -0.15) is 5.10 Å². The summed E-state index contributed by atoms with van der Waals surface area (Å²) in [4.78, 5) is 14.4. The lowest BCUT2D eigenvalue weighted by Crippen LogP contribution is -2.26. The van der Waals surface area contributed by atoms with Gasteiger partial charge < -0.3 is 9.90 Å². The summed E-state index contributed by atoms with van der Waals surface area (Å²) in [5.41, 5.74) is 0. The van der Waals surface area contributed by atoms with Gasteiger partial charge in [0.1, 0.15) is 11.6 Å². The lowest BCUT2D eigenvalue weighted by Gasteiger charge is -2.13. The third kappa shape index (κ3) is 2.27. The first-order valence-electron chi connectivity index (χ1n) is 4.10. The Bertz CT molecular complexity index is 319. The van der Waals surface area contributed by atoms with E-state index in [0.29, 0.717) is 5.82 Å². The Balaban J connectivity index is 2.81. The highest BCUT2D eigenvalue weighted by molar-refractivity contribution is 5.64. The van der Waals surface area contributed by atoms with Gasteiger partial charge in [0.15, 0.2) is 0 Å². The van der Waals surface area contributed by atoms with E-state index in [9.17, 15) is 9.90 Å². The van der Waals surface area contributed by atoms with Gasteiger partial charge in [-0.3, -0.25) is 0 Å². The number of carboxylic acid groups (broad SMARTS) is 1. The summed E-state index contributed by atoms with van der Waals surface area (Å²) in [6.07, 6.45) is -0.0381. The molecule has 1 atom stereocenters. The first-order chi connectivity index (χ1) is 6.00. The summed E-state index contributed by atoms with van der Waals surface area (Å²) in [7, 11) is 0. The maximum absolute atomic E-state index is 10.3. The Kier molecular flexibility index (Phi) is 2.65. The van der Waals surface area contributed by atoms with Gasteiger partial charge in [0.2, 0.25) is 0 Å². The molecule has 0 radical (unpaired) electrons. The van der Waals surface area contributed by atoms with E-state index in [4.69, 9.17) is 0 Å². The standard InChI is InChI=1S/C8H13N3O2/c1-5(4-8(12)13)11-7(3)9-6(2)10-11/h5H,4H2,1-3H3,(H,12,13)/p-1/t5-/m0/s1. The van der Waals surface area contributed by atoms with E-state index < -0.39 is 5.97 Å². The molecular formula is C8H12N3O2-. The van der Waals surface area contributed by atoms with Gasteiger partial charge in [0.25, 0.3) is 0 Å². The van der Waals surface area contributed by atoms with E-state index >= 15 is 0 Å². The minimum absolute atomic E-state index is 0.0381. The van der Waals surface area contributed by atoms with Gasteiger partial charge in [-0.1, -0.05) is 0 Å².